The molecule has 0 radical (unpaired) electrons. The third-order valence-corrected chi connectivity index (χ3v) is 5.52. The van der Waals surface area contributed by atoms with E-state index in [2.05, 4.69) is 6.92 Å². The molecule has 3 unspecified atom stereocenters. The van der Waals surface area contributed by atoms with E-state index in [0.29, 0.717) is 11.8 Å². The molecule has 1 N–H and O–H groups in total. The number of rotatable bonds is 2. The predicted octanol–water partition coefficient (Wildman–Crippen LogP) is 2.83. The van der Waals surface area contributed by atoms with Gasteiger partial charge in [-0.25, -0.2) is 4.79 Å². The van der Waals surface area contributed by atoms with Crippen molar-refractivity contribution in [2.75, 3.05) is 0 Å². The molecule has 0 saturated heterocycles. The fourth-order valence-electron chi connectivity index (χ4n) is 4.93. The van der Waals surface area contributed by atoms with E-state index in [9.17, 15) is 9.90 Å². The average molecular weight is 264 g/mol. The third-order valence-electron chi connectivity index (χ3n) is 5.52. The zero-order chi connectivity index (χ0) is 13.8. The van der Waals surface area contributed by atoms with Crippen molar-refractivity contribution >= 4 is 5.97 Å². The molecule has 19 heavy (non-hydrogen) atoms. The van der Waals surface area contributed by atoms with Crippen molar-refractivity contribution in [3.05, 3.63) is 11.6 Å². The minimum atomic E-state index is -0.602. The molecule has 4 saturated carbocycles. The van der Waals surface area contributed by atoms with Gasteiger partial charge in [-0.05, 0) is 57.8 Å². The first-order valence-corrected chi connectivity index (χ1v) is 7.43. The molecule has 0 aromatic rings. The summed E-state index contributed by atoms with van der Waals surface area (Å²) in [7, 11) is 0. The average Bonchev–Trinajstić information content (AvgIpc) is 2.22. The topological polar surface area (TPSA) is 46.5 Å². The van der Waals surface area contributed by atoms with Crippen LogP contribution in [0, 0.1) is 17.8 Å². The zero-order valence-electron chi connectivity index (χ0n) is 12.1. The maximum atomic E-state index is 12.0. The molecule has 4 rings (SSSR count). The monoisotopic (exact) mass is 264 g/mol. The highest BCUT2D eigenvalue weighted by Crippen LogP contribution is 2.61. The molecular weight excluding hydrogens is 240 g/mol. The molecule has 0 aromatic heterocycles. The Balaban J connectivity index is 1.86. The number of hydrogen-bond acceptors (Lipinski definition) is 3. The summed E-state index contributed by atoms with van der Waals surface area (Å²) in [5, 5.41) is 10.8. The molecule has 4 aliphatic carbocycles. The van der Waals surface area contributed by atoms with Crippen LogP contribution < -0.4 is 0 Å². The Morgan fingerprint density at radius 2 is 1.79 bits per heavy atom. The lowest BCUT2D eigenvalue weighted by Gasteiger charge is -2.62. The van der Waals surface area contributed by atoms with E-state index < -0.39 is 11.2 Å². The van der Waals surface area contributed by atoms with Gasteiger partial charge in [-0.2, -0.15) is 0 Å². The van der Waals surface area contributed by atoms with E-state index in [1.54, 1.807) is 6.08 Å². The van der Waals surface area contributed by atoms with E-state index in [1.165, 1.54) is 6.42 Å². The van der Waals surface area contributed by atoms with Crippen molar-refractivity contribution in [2.45, 2.75) is 64.1 Å². The fourth-order valence-corrected chi connectivity index (χ4v) is 4.93. The number of ether oxygens (including phenoxy) is 1. The molecule has 3 nitrogen and oxygen atoms in total. The Morgan fingerprint density at radius 1 is 1.21 bits per heavy atom. The predicted molar refractivity (Wildman–Crippen MR) is 72.4 cm³/mol. The molecule has 3 heteroatoms. The first-order chi connectivity index (χ1) is 8.83. The Hall–Kier alpha value is -0.830. The largest absolute Gasteiger partial charge is 0.455 e. The molecule has 4 aliphatic rings. The molecule has 0 heterocycles. The normalized spacial score (nSPS) is 47.1. The van der Waals surface area contributed by atoms with Crippen LogP contribution in [0.15, 0.2) is 11.6 Å². The van der Waals surface area contributed by atoms with Gasteiger partial charge in [0.05, 0.1) is 5.60 Å². The van der Waals surface area contributed by atoms with Crippen LogP contribution in [-0.4, -0.2) is 22.3 Å². The van der Waals surface area contributed by atoms with Gasteiger partial charge in [0.25, 0.3) is 0 Å². The quantitative estimate of drug-likeness (QED) is 0.616. The van der Waals surface area contributed by atoms with Crippen molar-refractivity contribution in [2.24, 2.45) is 17.8 Å². The second-order valence-corrected chi connectivity index (χ2v) is 7.32. The molecule has 106 valence electrons. The molecule has 0 amide bonds. The second kappa shape index (κ2) is 4.08. The van der Waals surface area contributed by atoms with Crippen LogP contribution >= 0.6 is 0 Å². The van der Waals surface area contributed by atoms with Crippen LogP contribution in [0.2, 0.25) is 0 Å². The summed E-state index contributed by atoms with van der Waals surface area (Å²) in [6, 6.07) is 0. The smallest absolute Gasteiger partial charge is 0.331 e. The van der Waals surface area contributed by atoms with Crippen LogP contribution in [0.4, 0.5) is 0 Å². The Kier molecular flexibility index (Phi) is 2.83. The van der Waals surface area contributed by atoms with Crippen LogP contribution in [0.1, 0.15) is 52.9 Å². The first kappa shape index (κ1) is 13.2. The Morgan fingerprint density at radius 3 is 2.32 bits per heavy atom. The molecule has 3 atom stereocenters. The summed E-state index contributed by atoms with van der Waals surface area (Å²) in [5.74, 6) is 0.890. The van der Waals surface area contributed by atoms with Crippen molar-refractivity contribution in [1.29, 1.82) is 0 Å². The van der Waals surface area contributed by atoms with E-state index in [4.69, 9.17) is 4.74 Å². The fraction of sp³-hybridized carbons (Fsp3) is 0.812. The standard InChI is InChI=1S/C16H24O3/c1-10(2)4-14(17)19-16-8-12-5-13(9-16)7-15(18,6-12)11(16)3/h4,11-13,18H,5-9H2,1-3H3. The highest BCUT2D eigenvalue weighted by Gasteiger charge is 2.63. The third kappa shape index (κ3) is 2.03. The van der Waals surface area contributed by atoms with E-state index in [-0.39, 0.29) is 11.9 Å². The maximum Gasteiger partial charge on any atom is 0.331 e. The maximum absolute atomic E-state index is 12.0. The van der Waals surface area contributed by atoms with Crippen LogP contribution in [0.5, 0.6) is 0 Å². The SMILES string of the molecule is CC(C)=CC(=O)OC12CC3CC(CC(O)(C3)C1C)C2. The molecule has 0 aliphatic heterocycles. The minimum absolute atomic E-state index is 0.0577. The summed E-state index contributed by atoms with van der Waals surface area (Å²) in [6.07, 6.45) is 6.44. The van der Waals surface area contributed by atoms with Gasteiger partial charge < -0.3 is 9.84 Å². The van der Waals surface area contributed by atoms with Gasteiger partial charge in [0.1, 0.15) is 5.60 Å². The van der Waals surface area contributed by atoms with Crippen molar-refractivity contribution < 1.29 is 14.6 Å². The van der Waals surface area contributed by atoms with Gasteiger partial charge in [0, 0.05) is 12.0 Å². The van der Waals surface area contributed by atoms with Gasteiger partial charge >= 0.3 is 5.97 Å². The number of hydrogen-bond donors (Lipinski definition) is 1. The van der Waals surface area contributed by atoms with E-state index in [0.717, 1.165) is 31.3 Å². The lowest BCUT2D eigenvalue weighted by molar-refractivity contribution is -0.249. The van der Waals surface area contributed by atoms with Crippen molar-refractivity contribution in [1.82, 2.24) is 0 Å². The molecule has 4 bridgehead atoms. The summed E-state index contributed by atoms with van der Waals surface area (Å²) in [4.78, 5) is 12.0. The highest BCUT2D eigenvalue weighted by molar-refractivity contribution is 5.83. The summed E-state index contributed by atoms with van der Waals surface area (Å²) in [6.45, 7) is 5.86. The Labute approximate surface area is 115 Å². The number of aliphatic hydroxyl groups is 1. The minimum Gasteiger partial charge on any atom is -0.455 e. The second-order valence-electron chi connectivity index (χ2n) is 7.32. The Bertz CT molecular complexity index is 419. The number of carbonyl (C=O) groups is 1. The van der Waals surface area contributed by atoms with Gasteiger partial charge in [-0.3, -0.25) is 0 Å². The highest BCUT2D eigenvalue weighted by atomic mass is 16.6. The molecular formula is C16H24O3. The first-order valence-electron chi connectivity index (χ1n) is 7.43. The van der Waals surface area contributed by atoms with E-state index >= 15 is 0 Å². The van der Waals surface area contributed by atoms with Gasteiger partial charge in [0.2, 0.25) is 0 Å². The van der Waals surface area contributed by atoms with Gasteiger partial charge in [-0.1, -0.05) is 12.5 Å². The summed E-state index contributed by atoms with van der Waals surface area (Å²) >= 11 is 0. The van der Waals surface area contributed by atoms with Crippen molar-refractivity contribution in [3.8, 4) is 0 Å². The van der Waals surface area contributed by atoms with Crippen LogP contribution in [0.3, 0.4) is 0 Å². The number of carbonyl (C=O) groups excluding carboxylic acids is 1. The number of allylic oxidation sites excluding steroid dienone is 1. The lowest BCUT2D eigenvalue weighted by atomic mass is 9.48. The van der Waals surface area contributed by atoms with Gasteiger partial charge in [-0.15, -0.1) is 0 Å². The van der Waals surface area contributed by atoms with Gasteiger partial charge in [0.15, 0.2) is 0 Å². The molecule has 4 fully saturated rings. The van der Waals surface area contributed by atoms with Crippen molar-refractivity contribution in [3.63, 3.8) is 0 Å². The number of esters is 1. The summed E-state index contributed by atoms with van der Waals surface area (Å²) in [5.41, 5.74) is -0.0573. The van der Waals surface area contributed by atoms with E-state index in [1.807, 2.05) is 13.8 Å². The van der Waals surface area contributed by atoms with Crippen LogP contribution in [0.25, 0.3) is 0 Å². The lowest BCUT2D eigenvalue weighted by Crippen LogP contribution is -2.66. The molecule has 0 spiro atoms. The van der Waals surface area contributed by atoms with Crippen LogP contribution in [-0.2, 0) is 9.53 Å². The molecule has 0 aromatic carbocycles. The zero-order valence-corrected chi connectivity index (χ0v) is 12.1. The summed E-state index contributed by atoms with van der Waals surface area (Å²) < 4.78 is 5.86.